The minimum Gasteiger partial charge on any atom is -0.385 e. The van der Waals surface area contributed by atoms with Gasteiger partial charge in [0.05, 0.1) is 11.2 Å². The number of hydrogen-bond donors (Lipinski definition) is 1. The Kier molecular flexibility index (Phi) is 2.94. The Hall–Kier alpha value is -1.03. The van der Waals surface area contributed by atoms with Gasteiger partial charge in [0.25, 0.3) is 0 Å². The minimum absolute atomic E-state index is 0.157. The van der Waals surface area contributed by atoms with Crippen LogP contribution in [0.25, 0.3) is 0 Å². The van der Waals surface area contributed by atoms with E-state index in [0.29, 0.717) is 18.4 Å². The van der Waals surface area contributed by atoms with Crippen LogP contribution in [0.3, 0.4) is 0 Å². The van der Waals surface area contributed by atoms with E-state index in [1.165, 1.54) is 13.0 Å². The van der Waals surface area contributed by atoms with Crippen LogP contribution in [0.4, 0.5) is 13.2 Å². The van der Waals surface area contributed by atoms with Gasteiger partial charge in [-0.1, -0.05) is 25.0 Å². The quantitative estimate of drug-likeness (QED) is 0.797. The molecule has 1 aliphatic carbocycles. The number of hydrogen-bond acceptors (Lipinski definition) is 1. The summed E-state index contributed by atoms with van der Waals surface area (Å²) in [5.74, 6) is 0. The summed E-state index contributed by atoms with van der Waals surface area (Å²) in [6.45, 7) is 1.44. The average Bonchev–Trinajstić information content (AvgIpc) is 2.64. The van der Waals surface area contributed by atoms with Gasteiger partial charge in [-0.2, -0.15) is 13.2 Å². The molecule has 2 rings (SSSR count). The van der Waals surface area contributed by atoms with Crippen LogP contribution in [0.1, 0.15) is 42.4 Å². The minimum atomic E-state index is -4.35. The number of alkyl halides is 3. The standard InChI is InChI=1S/C13H15F3O/c1-9-10(12(17)7-2-3-8-12)5-4-6-11(9)13(14,15)16/h4-6,17H,2-3,7-8H2,1H3. The van der Waals surface area contributed by atoms with Crippen molar-refractivity contribution in [2.75, 3.05) is 0 Å². The first-order valence-corrected chi connectivity index (χ1v) is 5.74. The zero-order chi connectivity index (χ0) is 12.7. The normalized spacial score (nSPS) is 19.6. The molecule has 4 heteroatoms. The van der Waals surface area contributed by atoms with Crippen LogP contribution >= 0.6 is 0 Å². The van der Waals surface area contributed by atoms with Crippen LogP contribution in [0.15, 0.2) is 18.2 Å². The maximum atomic E-state index is 12.8. The SMILES string of the molecule is Cc1c(C(F)(F)F)cccc1C1(O)CCCC1. The summed E-state index contributed by atoms with van der Waals surface area (Å²) in [5, 5.41) is 10.4. The molecule has 0 aromatic heterocycles. The van der Waals surface area contributed by atoms with E-state index in [1.54, 1.807) is 6.07 Å². The third kappa shape index (κ3) is 2.18. The van der Waals surface area contributed by atoms with Gasteiger partial charge in [-0.05, 0) is 37.0 Å². The van der Waals surface area contributed by atoms with E-state index in [9.17, 15) is 18.3 Å². The maximum absolute atomic E-state index is 12.8. The third-order valence-electron chi connectivity index (χ3n) is 3.57. The van der Waals surface area contributed by atoms with Crippen LogP contribution in [0, 0.1) is 6.92 Å². The Morgan fingerprint density at radius 2 is 1.76 bits per heavy atom. The lowest BCUT2D eigenvalue weighted by atomic mass is 9.87. The molecule has 1 nitrogen and oxygen atoms in total. The summed E-state index contributed by atoms with van der Waals surface area (Å²) in [5.41, 5.74) is -1.12. The fraction of sp³-hybridized carbons (Fsp3) is 0.538. The number of benzene rings is 1. The molecule has 0 bridgehead atoms. The Balaban J connectivity index is 2.49. The molecule has 0 amide bonds. The fourth-order valence-corrected chi connectivity index (χ4v) is 2.68. The highest BCUT2D eigenvalue weighted by Crippen LogP contribution is 2.42. The van der Waals surface area contributed by atoms with Crippen LogP contribution in [0.2, 0.25) is 0 Å². The number of aliphatic hydroxyl groups is 1. The van der Waals surface area contributed by atoms with Gasteiger partial charge in [-0.15, -0.1) is 0 Å². The summed E-state index contributed by atoms with van der Waals surface area (Å²) >= 11 is 0. The third-order valence-corrected chi connectivity index (χ3v) is 3.57. The first kappa shape index (κ1) is 12.4. The van der Waals surface area contributed by atoms with E-state index >= 15 is 0 Å². The predicted molar refractivity (Wildman–Crippen MR) is 58.5 cm³/mol. The first-order chi connectivity index (χ1) is 7.84. The molecule has 1 fully saturated rings. The van der Waals surface area contributed by atoms with Gasteiger partial charge in [0, 0.05) is 0 Å². The molecule has 1 aliphatic rings. The Morgan fingerprint density at radius 1 is 1.18 bits per heavy atom. The van der Waals surface area contributed by atoms with Crippen molar-refractivity contribution in [2.24, 2.45) is 0 Å². The average molecular weight is 244 g/mol. The second kappa shape index (κ2) is 4.02. The van der Waals surface area contributed by atoms with Gasteiger partial charge < -0.3 is 5.11 Å². The number of halogens is 3. The Morgan fingerprint density at radius 3 is 2.29 bits per heavy atom. The van der Waals surface area contributed by atoms with Gasteiger partial charge in [-0.3, -0.25) is 0 Å². The van der Waals surface area contributed by atoms with E-state index < -0.39 is 17.3 Å². The molecule has 0 aliphatic heterocycles. The van der Waals surface area contributed by atoms with Crippen LogP contribution in [0.5, 0.6) is 0 Å². The van der Waals surface area contributed by atoms with Crippen molar-refractivity contribution in [3.8, 4) is 0 Å². The second-order valence-electron chi connectivity index (χ2n) is 4.71. The van der Waals surface area contributed by atoms with E-state index in [-0.39, 0.29) is 5.56 Å². The van der Waals surface area contributed by atoms with Crippen LogP contribution < -0.4 is 0 Å². The Bertz CT molecular complexity index is 417. The van der Waals surface area contributed by atoms with Crippen molar-refractivity contribution in [2.45, 2.75) is 44.4 Å². The lowest BCUT2D eigenvalue weighted by Gasteiger charge is -2.26. The van der Waals surface area contributed by atoms with E-state index in [1.807, 2.05) is 0 Å². The summed E-state index contributed by atoms with van der Waals surface area (Å²) in [7, 11) is 0. The number of rotatable bonds is 1. The summed E-state index contributed by atoms with van der Waals surface area (Å²) < 4.78 is 38.3. The summed E-state index contributed by atoms with van der Waals surface area (Å²) in [6.07, 6.45) is -1.52. The molecule has 1 aromatic carbocycles. The monoisotopic (exact) mass is 244 g/mol. The smallest absolute Gasteiger partial charge is 0.385 e. The van der Waals surface area contributed by atoms with Crippen LogP contribution in [-0.4, -0.2) is 5.11 Å². The van der Waals surface area contributed by atoms with Crippen molar-refractivity contribution in [1.29, 1.82) is 0 Å². The molecule has 1 aromatic rings. The van der Waals surface area contributed by atoms with Gasteiger partial charge in [0.1, 0.15) is 0 Å². The van der Waals surface area contributed by atoms with Crippen molar-refractivity contribution in [3.05, 3.63) is 34.9 Å². The van der Waals surface area contributed by atoms with E-state index in [0.717, 1.165) is 18.9 Å². The molecule has 0 radical (unpaired) electrons. The maximum Gasteiger partial charge on any atom is 0.416 e. The molecular weight excluding hydrogens is 229 g/mol. The largest absolute Gasteiger partial charge is 0.416 e. The zero-order valence-corrected chi connectivity index (χ0v) is 9.64. The molecule has 17 heavy (non-hydrogen) atoms. The van der Waals surface area contributed by atoms with Gasteiger partial charge >= 0.3 is 6.18 Å². The van der Waals surface area contributed by atoms with Gasteiger partial charge in [-0.25, -0.2) is 0 Å². The lowest BCUT2D eigenvalue weighted by molar-refractivity contribution is -0.138. The molecule has 0 unspecified atom stereocenters. The fourth-order valence-electron chi connectivity index (χ4n) is 2.68. The molecule has 0 saturated heterocycles. The molecule has 1 N–H and O–H groups in total. The highest BCUT2D eigenvalue weighted by atomic mass is 19.4. The van der Waals surface area contributed by atoms with Gasteiger partial charge in [0.15, 0.2) is 0 Å². The Labute approximate surface area is 98.3 Å². The molecule has 0 atom stereocenters. The van der Waals surface area contributed by atoms with Crippen molar-refractivity contribution in [1.82, 2.24) is 0 Å². The molecular formula is C13H15F3O. The lowest BCUT2D eigenvalue weighted by Crippen LogP contribution is -2.23. The van der Waals surface area contributed by atoms with E-state index in [2.05, 4.69) is 0 Å². The molecule has 94 valence electrons. The zero-order valence-electron chi connectivity index (χ0n) is 9.64. The molecule has 0 spiro atoms. The first-order valence-electron chi connectivity index (χ1n) is 5.74. The van der Waals surface area contributed by atoms with Crippen LogP contribution in [-0.2, 0) is 11.8 Å². The summed E-state index contributed by atoms with van der Waals surface area (Å²) in [4.78, 5) is 0. The van der Waals surface area contributed by atoms with E-state index in [4.69, 9.17) is 0 Å². The summed E-state index contributed by atoms with van der Waals surface area (Å²) in [6, 6.07) is 4.05. The highest BCUT2D eigenvalue weighted by molar-refractivity contribution is 5.39. The molecule has 1 saturated carbocycles. The highest BCUT2D eigenvalue weighted by Gasteiger charge is 2.38. The molecule has 0 heterocycles. The predicted octanol–water partition coefficient (Wildman–Crippen LogP) is 3.78. The topological polar surface area (TPSA) is 20.2 Å². The second-order valence-corrected chi connectivity index (χ2v) is 4.71. The van der Waals surface area contributed by atoms with Crippen molar-refractivity contribution >= 4 is 0 Å². The van der Waals surface area contributed by atoms with Crippen molar-refractivity contribution in [3.63, 3.8) is 0 Å². The van der Waals surface area contributed by atoms with Crippen molar-refractivity contribution < 1.29 is 18.3 Å². The van der Waals surface area contributed by atoms with Gasteiger partial charge in [0.2, 0.25) is 0 Å².